The number of methoxy groups -OCH3 is 1. The zero-order valence-electron chi connectivity index (χ0n) is 15.6. The van der Waals surface area contributed by atoms with Crippen LogP contribution in [0.2, 0.25) is 0 Å². The number of aliphatic hydroxyl groups excluding tert-OH is 1. The molecule has 1 aromatic carbocycles. The highest BCUT2D eigenvalue weighted by molar-refractivity contribution is 5.46. The molecule has 0 radical (unpaired) electrons. The van der Waals surface area contributed by atoms with Gasteiger partial charge in [0.05, 0.1) is 26.4 Å². The molecule has 2 aliphatic heterocycles. The molecule has 0 bridgehead atoms. The van der Waals surface area contributed by atoms with E-state index in [9.17, 15) is 5.11 Å². The summed E-state index contributed by atoms with van der Waals surface area (Å²) >= 11 is 0. The number of aliphatic hydroxyl groups is 1. The summed E-state index contributed by atoms with van der Waals surface area (Å²) in [7, 11) is 1.66. The van der Waals surface area contributed by atoms with Gasteiger partial charge in [0.25, 0.3) is 0 Å². The van der Waals surface area contributed by atoms with Gasteiger partial charge in [-0.2, -0.15) is 0 Å². The lowest BCUT2D eigenvalue weighted by atomic mass is 10.0. The average Bonchev–Trinajstić information content (AvgIpc) is 2.66. The van der Waals surface area contributed by atoms with Crippen LogP contribution in [-0.4, -0.2) is 86.7 Å². The quantitative estimate of drug-likeness (QED) is 0.719. The highest BCUT2D eigenvalue weighted by Gasteiger charge is 2.25. The van der Waals surface area contributed by atoms with Crippen LogP contribution in [0, 0.1) is 0 Å². The first-order chi connectivity index (χ1) is 12.7. The second kappa shape index (κ2) is 9.53. The van der Waals surface area contributed by atoms with Gasteiger partial charge in [-0.25, -0.2) is 0 Å². The Bertz CT molecular complexity index is 566. The van der Waals surface area contributed by atoms with Gasteiger partial charge in [0.2, 0.25) is 0 Å². The maximum atomic E-state index is 10.0. The molecule has 7 heteroatoms. The molecule has 2 atom stereocenters. The number of benzene rings is 1. The first-order valence-electron chi connectivity index (χ1n) is 9.42. The number of rotatable bonds is 7. The Labute approximate surface area is 155 Å². The molecular weight excluding hydrogens is 334 g/mol. The maximum Gasteiger partial charge on any atom is 0.165 e. The molecular formula is C19H31N3O4. The van der Waals surface area contributed by atoms with Crippen LogP contribution in [0.25, 0.3) is 0 Å². The third kappa shape index (κ3) is 5.08. The fraction of sp³-hybridized carbons (Fsp3) is 0.684. The number of piperidine rings is 1. The molecule has 146 valence electrons. The second-order valence-corrected chi connectivity index (χ2v) is 7.01. The molecule has 26 heavy (non-hydrogen) atoms. The van der Waals surface area contributed by atoms with E-state index in [4.69, 9.17) is 19.9 Å². The minimum Gasteiger partial charge on any atom is -0.493 e. The van der Waals surface area contributed by atoms with Crippen molar-refractivity contribution in [3.05, 3.63) is 23.8 Å². The standard InChI is InChI=1S/C19H31N3O4/c1-24-18-4-2-3-15(13-22-6-5-16(20)17(23)14-22)19(18)26-12-9-21-7-10-25-11-8-21/h2-4,16-17,23H,5-14,20H2,1H3/t16-,17-/m1/s1. The Morgan fingerprint density at radius 1 is 1.23 bits per heavy atom. The third-order valence-corrected chi connectivity index (χ3v) is 5.15. The summed E-state index contributed by atoms with van der Waals surface area (Å²) in [4.78, 5) is 4.57. The van der Waals surface area contributed by atoms with Crippen LogP contribution >= 0.6 is 0 Å². The molecule has 3 N–H and O–H groups in total. The van der Waals surface area contributed by atoms with E-state index in [-0.39, 0.29) is 6.04 Å². The van der Waals surface area contributed by atoms with Crippen LogP contribution in [-0.2, 0) is 11.3 Å². The van der Waals surface area contributed by atoms with Crippen molar-refractivity contribution < 1.29 is 19.3 Å². The highest BCUT2D eigenvalue weighted by atomic mass is 16.5. The zero-order chi connectivity index (χ0) is 18.4. The van der Waals surface area contributed by atoms with Gasteiger partial charge in [0.15, 0.2) is 11.5 Å². The SMILES string of the molecule is COc1cccc(CN2CC[C@@H](N)[C@H](O)C2)c1OCCN1CCOCC1. The summed E-state index contributed by atoms with van der Waals surface area (Å²) in [6, 6.07) is 5.85. The van der Waals surface area contributed by atoms with Gasteiger partial charge >= 0.3 is 0 Å². The molecule has 0 unspecified atom stereocenters. The predicted octanol–water partition coefficient (Wildman–Crippen LogP) is 0.300. The van der Waals surface area contributed by atoms with Crippen molar-refractivity contribution in [1.29, 1.82) is 0 Å². The normalized spacial score (nSPS) is 25.2. The van der Waals surface area contributed by atoms with Crippen molar-refractivity contribution in [2.45, 2.75) is 25.1 Å². The average molecular weight is 365 g/mol. The largest absolute Gasteiger partial charge is 0.493 e. The van der Waals surface area contributed by atoms with Gasteiger partial charge in [0, 0.05) is 50.9 Å². The summed E-state index contributed by atoms with van der Waals surface area (Å²) in [5, 5.41) is 10.0. The summed E-state index contributed by atoms with van der Waals surface area (Å²) in [6.07, 6.45) is 0.332. The number of β-amino-alcohol motifs (C(OH)–C–C–N with tert-alkyl or cyclic N) is 1. The van der Waals surface area contributed by atoms with E-state index in [1.807, 2.05) is 12.1 Å². The highest BCUT2D eigenvalue weighted by Crippen LogP contribution is 2.32. The van der Waals surface area contributed by atoms with Crippen molar-refractivity contribution in [3.63, 3.8) is 0 Å². The lowest BCUT2D eigenvalue weighted by Gasteiger charge is -2.34. The number of nitrogens with zero attached hydrogens (tertiary/aromatic N) is 2. The predicted molar refractivity (Wildman–Crippen MR) is 99.6 cm³/mol. The van der Waals surface area contributed by atoms with Crippen molar-refractivity contribution in [2.24, 2.45) is 5.73 Å². The number of ether oxygens (including phenoxy) is 3. The molecule has 2 heterocycles. The molecule has 1 aromatic rings. The van der Waals surface area contributed by atoms with Crippen molar-refractivity contribution in [3.8, 4) is 11.5 Å². The zero-order valence-corrected chi connectivity index (χ0v) is 15.6. The smallest absolute Gasteiger partial charge is 0.165 e. The number of nitrogens with two attached hydrogens (primary N) is 1. The van der Waals surface area contributed by atoms with Gasteiger partial charge in [-0.1, -0.05) is 12.1 Å². The van der Waals surface area contributed by atoms with E-state index in [0.717, 1.165) is 62.9 Å². The van der Waals surface area contributed by atoms with E-state index in [2.05, 4.69) is 15.9 Å². The van der Waals surface area contributed by atoms with Crippen LogP contribution in [0.15, 0.2) is 18.2 Å². The Morgan fingerprint density at radius 3 is 2.77 bits per heavy atom. The number of likely N-dealkylation sites (tertiary alicyclic amines) is 1. The molecule has 2 saturated heterocycles. The number of para-hydroxylation sites is 1. The molecule has 0 aromatic heterocycles. The fourth-order valence-electron chi connectivity index (χ4n) is 3.51. The van der Waals surface area contributed by atoms with Gasteiger partial charge < -0.3 is 25.1 Å². The lowest BCUT2D eigenvalue weighted by molar-refractivity contribution is 0.0317. The molecule has 2 aliphatic rings. The first-order valence-corrected chi connectivity index (χ1v) is 9.42. The van der Waals surface area contributed by atoms with Crippen molar-refractivity contribution in [2.75, 3.05) is 59.7 Å². The van der Waals surface area contributed by atoms with Crippen LogP contribution in [0.4, 0.5) is 0 Å². The summed E-state index contributed by atoms with van der Waals surface area (Å²) in [6.45, 7) is 7.15. The van der Waals surface area contributed by atoms with Gasteiger partial charge in [-0.3, -0.25) is 9.80 Å². The first kappa shape index (κ1) is 19.4. The second-order valence-electron chi connectivity index (χ2n) is 7.01. The molecule has 3 rings (SSSR count). The molecule has 0 spiro atoms. The van der Waals surface area contributed by atoms with Crippen LogP contribution < -0.4 is 15.2 Å². The minimum atomic E-state index is -0.472. The Balaban J connectivity index is 1.61. The lowest BCUT2D eigenvalue weighted by Crippen LogP contribution is -2.50. The molecule has 7 nitrogen and oxygen atoms in total. The van der Waals surface area contributed by atoms with Gasteiger partial charge in [-0.15, -0.1) is 0 Å². The van der Waals surface area contributed by atoms with E-state index in [0.29, 0.717) is 19.7 Å². The number of morpholine rings is 1. The number of hydrogen-bond donors (Lipinski definition) is 2. The van der Waals surface area contributed by atoms with Gasteiger partial charge in [-0.05, 0) is 12.5 Å². The van der Waals surface area contributed by atoms with Crippen molar-refractivity contribution >= 4 is 0 Å². The van der Waals surface area contributed by atoms with Crippen LogP contribution in [0.3, 0.4) is 0 Å². The van der Waals surface area contributed by atoms with Crippen LogP contribution in [0.5, 0.6) is 11.5 Å². The van der Waals surface area contributed by atoms with E-state index in [1.54, 1.807) is 7.11 Å². The van der Waals surface area contributed by atoms with E-state index in [1.165, 1.54) is 0 Å². The molecule has 0 saturated carbocycles. The van der Waals surface area contributed by atoms with Gasteiger partial charge in [0.1, 0.15) is 6.61 Å². The summed E-state index contributed by atoms with van der Waals surface area (Å²) in [5.74, 6) is 1.55. The third-order valence-electron chi connectivity index (χ3n) is 5.15. The number of hydrogen-bond acceptors (Lipinski definition) is 7. The molecule has 2 fully saturated rings. The Morgan fingerprint density at radius 2 is 2.04 bits per heavy atom. The monoisotopic (exact) mass is 365 g/mol. The summed E-state index contributed by atoms with van der Waals surface area (Å²) < 4.78 is 17.0. The van der Waals surface area contributed by atoms with Crippen molar-refractivity contribution in [1.82, 2.24) is 9.80 Å². The molecule has 0 amide bonds. The Kier molecular flexibility index (Phi) is 7.10. The fourth-order valence-corrected chi connectivity index (χ4v) is 3.51. The maximum absolute atomic E-state index is 10.0. The van der Waals surface area contributed by atoms with Crippen LogP contribution in [0.1, 0.15) is 12.0 Å². The topological polar surface area (TPSA) is 80.4 Å². The van der Waals surface area contributed by atoms with E-state index >= 15 is 0 Å². The summed E-state index contributed by atoms with van der Waals surface area (Å²) in [5.41, 5.74) is 6.99. The molecule has 0 aliphatic carbocycles. The Hall–Kier alpha value is -1.38. The van der Waals surface area contributed by atoms with E-state index < -0.39 is 6.10 Å². The minimum absolute atomic E-state index is 0.124.